The Kier molecular flexibility index (Phi) is 3.64. The molecule has 1 unspecified atom stereocenters. The van der Waals surface area contributed by atoms with E-state index in [-0.39, 0.29) is 17.7 Å². The summed E-state index contributed by atoms with van der Waals surface area (Å²) >= 11 is 0. The van der Waals surface area contributed by atoms with Gasteiger partial charge in [-0.15, -0.1) is 0 Å². The number of amides is 2. The molecule has 0 aromatic heterocycles. The van der Waals surface area contributed by atoms with Crippen LogP contribution >= 0.6 is 0 Å². The molecule has 1 saturated carbocycles. The molecule has 3 fully saturated rings. The Bertz CT molecular complexity index is 660. The smallest absolute Gasteiger partial charge is 0.228 e. The Labute approximate surface area is 142 Å². The minimum atomic E-state index is -0.653. The molecule has 0 spiro atoms. The maximum absolute atomic E-state index is 12.6. The molecule has 2 heterocycles. The summed E-state index contributed by atoms with van der Waals surface area (Å²) in [5, 5.41) is 10.4. The highest BCUT2D eigenvalue weighted by Gasteiger charge is 2.54. The van der Waals surface area contributed by atoms with E-state index in [2.05, 4.69) is 0 Å². The Morgan fingerprint density at radius 2 is 1.92 bits per heavy atom. The van der Waals surface area contributed by atoms with Crippen molar-refractivity contribution in [2.75, 3.05) is 19.6 Å². The van der Waals surface area contributed by atoms with Gasteiger partial charge in [-0.25, -0.2) is 0 Å². The van der Waals surface area contributed by atoms with E-state index in [4.69, 9.17) is 0 Å². The molecule has 0 radical (unpaired) electrons. The van der Waals surface area contributed by atoms with E-state index in [0.717, 1.165) is 18.4 Å². The van der Waals surface area contributed by atoms with Crippen LogP contribution in [-0.2, 0) is 16.1 Å². The molecule has 24 heavy (non-hydrogen) atoms. The molecule has 4 rings (SSSR count). The minimum absolute atomic E-state index is 0.0279. The number of hydrogen-bond donors (Lipinski definition) is 1. The average molecular weight is 328 g/mol. The third-order valence-electron chi connectivity index (χ3n) is 5.64. The fraction of sp³-hybridized carbons (Fsp3) is 0.579. The van der Waals surface area contributed by atoms with Crippen molar-refractivity contribution >= 4 is 11.8 Å². The van der Waals surface area contributed by atoms with Gasteiger partial charge < -0.3 is 14.9 Å². The van der Waals surface area contributed by atoms with Gasteiger partial charge in [-0.1, -0.05) is 29.8 Å². The predicted molar refractivity (Wildman–Crippen MR) is 89.0 cm³/mol. The maximum Gasteiger partial charge on any atom is 0.228 e. The van der Waals surface area contributed by atoms with Gasteiger partial charge in [0.25, 0.3) is 0 Å². The van der Waals surface area contributed by atoms with E-state index in [1.54, 1.807) is 9.80 Å². The number of hydrogen-bond acceptors (Lipinski definition) is 3. The molecule has 5 nitrogen and oxygen atoms in total. The van der Waals surface area contributed by atoms with E-state index in [9.17, 15) is 14.7 Å². The molecule has 3 aliphatic rings. The van der Waals surface area contributed by atoms with Gasteiger partial charge in [0.1, 0.15) is 5.60 Å². The van der Waals surface area contributed by atoms with E-state index in [0.29, 0.717) is 38.5 Å². The zero-order valence-corrected chi connectivity index (χ0v) is 14.1. The first kappa shape index (κ1) is 15.6. The van der Waals surface area contributed by atoms with Gasteiger partial charge in [0.15, 0.2) is 0 Å². The van der Waals surface area contributed by atoms with Crippen molar-refractivity contribution in [2.24, 2.45) is 11.8 Å². The lowest BCUT2D eigenvalue weighted by molar-refractivity contribution is -0.163. The quantitative estimate of drug-likeness (QED) is 0.907. The Morgan fingerprint density at radius 1 is 1.25 bits per heavy atom. The Morgan fingerprint density at radius 3 is 2.54 bits per heavy atom. The van der Waals surface area contributed by atoms with Crippen LogP contribution in [0.2, 0.25) is 0 Å². The monoisotopic (exact) mass is 328 g/mol. The van der Waals surface area contributed by atoms with Crippen LogP contribution in [0.4, 0.5) is 0 Å². The number of benzene rings is 1. The third kappa shape index (κ3) is 2.81. The number of aryl methyl sites for hydroxylation is 1. The first-order valence-electron chi connectivity index (χ1n) is 8.79. The number of carbonyl (C=O) groups is 2. The molecule has 1 aromatic rings. The summed E-state index contributed by atoms with van der Waals surface area (Å²) in [4.78, 5) is 28.3. The lowest BCUT2D eigenvalue weighted by atomic mass is 9.87. The van der Waals surface area contributed by atoms with Gasteiger partial charge in [-0.3, -0.25) is 9.59 Å². The standard InChI is InChI=1S/C19H24N2O3/c1-13-2-4-14(5-3-13)9-20-10-15(8-17(20)22)18(23)21-11-19(24,12-21)16-6-7-16/h2-5,15-16,24H,6-12H2,1H3. The van der Waals surface area contributed by atoms with Crippen LogP contribution in [0.1, 0.15) is 30.4 Å². The summed E-state index contributed by atoms with van der Waals surface area (Å²) in [7, 11) is 0. The number of nitrogens with zero attached hydrogens (tertiary/aromatic N) is 2. The van der Waals surface area contributed by atoms with Gasteiger partial charge in [0.05, 0.1) is 19.0 Å². The van der Waals surface area contributed by atoms with Crippen LogP contribution in [0.3, 0.4) is 0 Å². The second-order valence-electron chi connectivity index (χ2n) is 7.73. The minimum Gasteiger partial charge on any atom is -0.386 e. The van der Waals surface area contributed by atoms with E-state index >= 15 is 0 Å². The largest absolute Gasteiger partial charge is 0.386 e. The van der Waals surface area contributed by atoms with Crippen LogP contribution in [0.25, 0.3) is 0 Å². The molecule has 2 aliphatic heterocycles. The van der Waals surface area contributed by atoms with Gasteiger partial charge >= 0.3 is 0 Å². The van der Waals surface area contributed by atoms with Gasteiger partial charge in [0.2, 0.25) is 11.8 Å². The van der Waals surface area contributed by atoms with Crippen LogP contribution in [0.15, 0.2) is 24.3 Å². The van der Waals surface area contributed by atoms with Crippen molar-refractivity contribution in [3.05, 3.63) is 35.4 Å². The van der Waals surface area contributed by atoms with E-state index in [1.807, 2.05) is 31.2 Å². The summed E-state index contributed by atoms with van der Waals surface area (Å²) in [5.41, 5.74) is 1.63. The highest BCUT2D eigenvalue weighted by atomic mass is 16.3. The summed E-state index contributed by atoms with van der Waals surface area (Å²) in [5.74, 6) is 0.198. The number of aliphatic hydroxyl groups is 1. The van der Waals surface area contributed by atoms with Crippen molar-refractivity contribution in [3.8, 4) is 0 Å². The highest BCUT2D eigenvalue weighted by Crippen LogP contribution is 2.45. The van der Waals surface area contributed by atoms with Crippen molar-refractivity contribution in [1.82, 2.24) is 9.80 Å². The zero-order chi connectivity index (χ0) is 16.9. The summed E-state index contributed by atoms with van der Waals surface area (Å²) in [6, 6.07) is 8.14. The van der Waals surface area contributed by atoms with E-state index < -0.39 is 5.60 Å². The fourth-order valence-electron chi connectivity index (χ4n) is 3.91. The predicted octanol–water partition coefficient (Wildman–Crippen LogP) is 1.33. The summed E-state index contributed by atoms with van der Waals surface area (Å²) < 4.78 is 0. The molecular weight excluding hydrogens is 304 g/mol. The summed E-state index contributed by atoms with van der Waals surface area (Å²) in [6.07, 6.45) is 2.44. The zero-order valence-electron chi connectivity index (χ0n) is 14.1. The highest BCUT2D eigenvalue weighted by molar-refractivity contribution is 5.89. The SMILES string of the molecule is Cc1ccc(CN2CC(C(=O)N3CC(O)(C4CC4)C3)CC2=O)cc1. The van der Waals surface area contributed by atoms with E-state index in [1.165, 1.54) is 5.56 Å². The average Bonchev–Trinajstić information content (AvgIpc) is 3.31. The normalized spacial score (nSPS) is 25.8. The molecule has 1 atom stereocenters. The molecule has 0 bridgehead atoms. The molecule has 1 aliphatic carbocycles. The van der Waals surface area contributed by atoms with Crippen molar-refractivity contribution in [3.63, 3.8) is 0 Å². The van der Waals surface area contributed by atoms with Crippen molar-refractivity contribution in [1.29, 1.82) is 0 Å². The lowest BCUT2D eigenvalue weighted by Gasteiger charge is -2.47. The molecule has 128 valence electrons. The Balaban J connectivity index is 1.34. The molecule has 2 amide bonds. The lowest BCUT2D eigenvalue weighted by Crippen LogP contribution is -2.65. The van der Waals surface area contributed by atoms with Gasteiger partial charge in [0, 0.05) is 19.5 Å². The van der Waals surface area contributed by atoms with Crippen molar-refractivity contribution < 1.29 is 14.7 Å². The topological polar surface area (TPSA) is 60.9 Å². The van der Waals surface area contributed by atoms with Crippen LogP contribution in [0.5, 0.6) is 0 Å². The van der Waals surface area contributed by atoms with Crippen LogP contribution in [0, 0.1) is 18.8 Å². The molecule has 1 aromatic carbocycles. The van der Waals surface area contributed by atoms with Crippen LogP contribution in [-0.4, -0.2) is 52.0 Å². The van der Waals surface area contributed by atoms with Crippen molar-refractivity contribution in [2.45, 2.75) is 38.3 Å². The maximum atomic E-state index is 12.6. The molecular formula is C19H24N2O3. The number of rotatable bonds is 4. The number of carbonyl (C=O) groups excluding carboxylic acids is 2. The second kappa shape index (κ2) is 5.59. The van der Waals surface area contributed by atoms with Gasteiger partial charge in [-0.05, 0) is 31.2 Å². The third-order valence-corrected chi connectivity index (χ3v) is 5.64. The fourth-order valence-corrected chi connectivity index (χ4v) is 3.91. The number of β-amino-alcohol motifs (C(OH)–C–C–N with tert-alkyl or cyclic N) is 1. The first-order valence-corrected chi connectivity index (χ1v) is 8.79. The molecule has 5 heteroatoms. The number of likely N-dealkylation sites (tertiary alicyclic amines) is 2. The van der Waals surface area contributed by atoms with Gasteiger partial charge in [-0.2, -0.15) is 0 Å². The second-order valence-corrected chi connectivity index (χ2v) is 7.73. The van der Waals surface area contributed by atoms with Crippen LogP contribution < -0.4 is 0 Å². The molecule has 2 saturated heterocycles. The molecule has 1 N–H and O–H groups in total. The summed E-state index contributed by atoms with van der Waals surface area (Å²) in [6.45, 7) is 3.98. The first-order chi connectivity index (χ1) is 11.4. The Hall–Kier alpha value is -1.88.